The predicted molar refractivity (Wildman–Crippen MR) is 41.3 cm³/mol. The van der Waals surface area contributed by atoms with Crippen LogP contribution in [0.25, 0.3) is 0 Å². The topological polar surface area (TPSA) is 9.23 Å². The first-order valence-corrected chi connectivity index (χ1v) is 4.20. The van der Waals surface area contributed by atoms with Crippen molar-refractivity contribution < 1.29 is 26.7 Å². The molecular formula is C8H13F5O. The summed E-state index contributed by atoms with van der Waals surface area (Å²) >= 11 is 0. The van der Waals surface area contributed by atoms with Gasteiger partial charge in [0, 0.05) is 0 Å². The lowest BCUT2D eigenvalue weighted by Gasteiger charge is -2.22. The van der Waals surface area contributed by atoms with E-state index in [1.807, 2.05) is 0 Å². The van der Waals surface area contributed by atoms with Crippen LogP contribution in [0.3, 0.4) is 0 Å². The Kier molecular flexibility index (Phi) is 5.33. The van der Waals surface area contributed by atoms with E-state index in [-0.39, 0.29) is 12.3 Å². The molecule has 0 aromatic carbocycles. The number of halogens is 5. The Bertz CT molecular complexity index is 154. The van der Waals surface area contributed by atoms with Gasteiger partial charge in [-0.1, -0.05) is 13.8 Å². The first-order valence-electron chi connectivity index (χ1n) is 4.20. The highest BCUT2D eigenvalue weighted by atomic mass is 19.4. The third-order valence-electron chi connectivity index (χ3n) is 1.47. The van der Waals surface area contributed by atoms with Crippen LogP contribution >= 0.6 is 0 Å². The van der Waals surface area contributed by atoms with Gasteiger partial charge in [-0.3, -0.25) is 0 Å². The highest BCUT2D eigenvalue weighted by molar-refractivity contribution is 4.69. The van der Waals surface area contributed by atoms with E-state index in [2.05, 4.69) is 4.74 Å². The summed E-state index contributed by atoms with van der Waals surface area (Å²) in [6.45, 7) is 1.98. The molecule has 0 aromatic heterocycles. The van der Waals surface area contributed by atoms with E-state index in [1.165, 1.54) is 0 Å². The quantitative estimate of drug-likeness (QED) is 0.646. The molecule has 0 aliphatic rings. The van der Waals surface area contributed by atoms with Crippen molar-refractivity contribution in [3.63, 3.8) is 0 Å². The molecule has 0 unspecified atom stereocenters. The third-order valence-corrected chi connectivity index (χ3v) is 1.47. The van der Waals surface area contributed by atoms with Crippen molar-refractivity contribution in [1.82, 2.24) is 0 Å². The van der Waals surface area contributed by atoms with Crippen LogP contribution in [0.4, 0.5) is 22.0 Å². The van der Waals surface area contributed by atoms with Crippen LogP contribution in [-0.4, -0.2) is 25.3 Å². The van der Waals surface area contributed by atoms with Gasteiger partial charge < -0.3 is 4.74 Å². The van der Waals surface area contributed by atoms with Crippen molar-refractivity contribution in [2.75, 3.05) is 6.61 Å². The third kappa shape index (κ3) is 6.12. The molecule has 0 amide bonds. The molecule has 0 N–H and O–H groups in total. The van der Waals surface area contributed by atoms with Gasteiger partial charge in [0.25, 0.3) is 6.43 Å². The molecule has 0 spiro atoms. The Morgan fingerprint density at radius 2 is 1.64 bits per heavy atom. The molecule has 14 heavy (non-hydrogen) atoms. The van der Waals surface area contributed by atoms with Gasteiger partial charge in [0.2, 0.25) is 0 Å². The molecule has 0 saturated heterocycles. The molecule has 0 aliphatic heterocycles. The zero-order valence-electron chi connectivity index (χ0n) is 7.94. The van der Waals surface area contributed by atoms with Gasteiger partial charge in [-0.2, -0.15) is 13.2 Å². The minimum Gasteiger partial charge on any atom is -0.363 e. The van der Waals surface area contributed by atoms with Crippen molar-refractivity contribution in [1.29, 1.82) is 0 Å². The monoisotopic (exact) mass is 220 g/mol. The minimum absolute atomic E-state index is 0.251. The fourth-order valence-corrected chi connectivity index (χ4v) is 0.913. The fourth-order valence-electron chi connectivity index (χ4n) is 0.913. The maximum atomic E-state index is 12.2. The van der Waals surface area contributed by atoms with E-state index in [4.69, 9.17) is 0 Å². The van der Waals surface area contributed by atoms with Crippen LogP contribution in [0, 0.1) is 5.92 Å². The SMILES string of the molecule is CC(C)C[C@H](OCC(F)F)C(F)(F)F. The number of ether oxygens (including phenoxy) is 1. The Balaban J connectivity index is 4.12. The van der Waals surface area contributed by atoms with Crippen LogP contribution in [0.2, 0.25) is 0 Å². The lowest BCUT2D eigenvalue weighted by Crippen LogP contribution is -2.34. The molecule has 0 aromatic rings. The van der Waals surface area contributed by atoms with Crippen LogP contribution < -0.4 is 0 Å². The molecule has 6 heteroatoms. The lowest BCUT2D eigenvalue weighted by molar-refractivity contribution is -0.231. The predicted octanol–water partition coefficient (Wildman–Crippen LogP) is 3.25. The molecule has 0 heterocycles. The second kappa shape index (κ2) is 5.48. The zero-order chi connectivity index (χ0) is 11.4. The number of hydrogen-bond donors (Lipinski definition) is 0. The van der Waals surface area contributed by atoms with E-state index < -0.39 is 25.3 Å². The van der Waals surface area contributed by atoms with Crippen LogP contribution in [0.15, 0.2) is 0 Å². The molecule has 0 bridgehead atoms. The van der Waals surface area contributed by atoms with Crippen molar-refractivity contribution in [2.45, 2.75) is 39.0 Å². The number of alkyl halides is 5. The summed E-state index contributed by atoms with van der Waals surface area (Å²) in [5, 5.41) is 0. The van der Waals surface area contributed by atoms with Gasteiger partial charge in [0.15, 0.2) is 6.10 Å². The van der Waals surface area contributed by atoms with Crippen LogP contribution in [-0.2, 0) is 4.74 Å². The van der Waals surface area contributed by atoms with E-state index in [1.54, 1.807) is 13.8 Å². The average Bonchev–Trinajstić information content (AvgIpc) is 1.94. The Hall–Kier alpha value is -0.390. The van der Waals surface area contributed by atoms with Crippen molar-refractivity contribution in [3.8, 4) is 0 Å². The Labute approximate surface area is 79.2 Å². The van der Waals surface area contributed by atoms with Gasteiger partial charge in [0.1, 0.15) is 6.61 Å². The van der Waals surface area contributed by atoms with Gasteiger partial charge in [-0.15, -0.1) is 0 Å². The first kappa shape index (κ1) is 13.6. The molecule has 0 saturated carbocycles. The summed E-state index contributed by atoms with van der Waals surface area (Å²) in [6, 6.07) is 0. The highest BCUT2D eigenvalue weighted by Gasteiger charge is 2.41. The molecule has 1 atom stereocenters. The number of hydrogen-bond acceptors (Lipinski definition) is 1. The maximum Gasteiger partial charge on any atom is 0.414 e. The second-order valence-electron chi connectivity index (χ2n) is 3.38. The lowest BCUT2D eigenvalue weighted by atomic mass is 10.1. The van der Waals surface area contributed by atoms with Crippen molar-refractivity contribution >= 4 is 0 Å². The smallest absolute Gasteiger partial charge is 0.363 e. The first-order chi connectivity index (χ1) is 6.23. The standard InChI is InChI=1S/C8H13F5O/c1-5(2)3-6(8(11,12)13)14-4-7(9)10/h5-7H,3-4H2,1-2H3/t6-/m0/s1. The highest BCUT2D eigenvalue weighted by Crippen LogP contribution is 2.28. The molecular weight excluding hydrogens is 207 g/mol. The van der Waals surface area contributed by atoms with Crippen LogP contribution in [0.1, 0.15) is 20.3 Å². The van der Waals surface area contributed by atoms with Gasteiger partial charge in [-0.25, -0.2) is 8.78 Å². The summed E-state index contributed by atoms with van der Waals surface area (Å²) in [7, 11) is 0. The largest absolute Gasteiger partial charge is 0.414 e. The summed E-state index contributed by atoms with van der Waals surface area (Å²) in [6.07, 6.45) is -9.82. The summed E-state index contributed by atoms with van der Waals surface area (Å²) < 4.78 is 63.8. The molecule has 0 radical (unpaired) electrons. The Morgan fingerprint density at radius 3 is 1.93 bits per heavy atom. The Morgan fingerprint density at radius 1 is 1.14 bits per heavy atom. The summed E-state index contributed by atoms with van der Waals surface area (Å²) in [5.41, 5.74) is 0. The molecule has 86 valence electrons. The molecule has 0 rings (SSSR count). The average molecular weight is 220 g/mol. The van der Waals surface area contributed by atoms with Gasteiger partial charge in [0.05, 0.1) is 0 Å². The zero-order valence-corrected chi connectivity index (χ0v) is 7.94. The van der Waals surface area contributed by atoms with Gasteiger partial charge in [-0.05, 0) is 12.3 Å². The van der Waals surface area contributed by atoms with E-state index in [0.717, 1.165) is 0 Å². The molecule has 1 nitrogen and oxygen atoms in total. The second-order valence-corrected chi connectivity index (χ2v) is 3.38. The van der Waals surface area contributed by atoms with E-state index in [0.29, 0.717) is 0 Å². The minimum atomic E-state index is -4.57. The maximum absolute atomic E-state index is 12.2. The summed E-state index contributed by atoms with van der Waals surface area (Å²) in [4.78, 5) is 0. The van der Waals surface area contributed by atoms with Crippen molar-refractivity contribution in [2.24, 2.45) is 5.92 Å². The van der Waals surface area contributed by atoms with Crippen molar-refractivity contribution in [3.05, 3.63) is 0 Å². The van der Waals surface area contributed by atoms with Crippen LogP contribution in [0.5, 0.6) is 0 Å². The molecule has 0 aliphatic carbocycles. The van der Waals surface area contributed by atoms with E-state index >= 15 is 0 Å². The number of rotatable bonds is 5. The fraction of sp³-hybridized carbons (Fsp3) is 1.00. The molecule has 0 fully saturated rings. The normalized spacial score (nSPS) is 15.2. The van der Waals surface area contributed by atoms with Gasteiger partial charge >= 0.3 is 6.18 Å². The summed E-state index contributed by atoms with van der Waals surface area (Å²) in [5.74, 6) is -0.251. The van der Waals surface area contributed by atoms with E-state index in [9.17, 15) is 22.0 Å².